The lowest BCUT2D eigenvalue weighted by Gasteiger charge is -2.19. The predicted molar refractivity (Wildman–Crippen MR) is 186 cm³/mol. The number of allylic oxidation sites excluding steroid dienone is 6. The summed E-state index contributed by atoms with van der Waals surface area (Å²) in [5, 5.41) is 3.58. The molecule has 0 aromatic heterocycles. The summed E-state index contributed by atoms with van der Waals surface area (Å²) in [4.78, 5) is 30.2. The number of carbonyl (C=O) groups excluding carboxylic acids is 2. The average Bonchev–Trinajstić information content (AvgIpc) is 3.29. The third-order valence-corrected chi connectivity index (χ3v) is 9.62. The highest BCUT2D eigenvalue weighted by Gasteiger charge is 2.25. The lowest BCUT2D eigenvalue weighted by molar-refractivity contribution is -0.121. The third kappa shape index (κ3) is 8.20. The maximum atomic E-state index is 13.7. The van der Waals surface area contributed by atoms with Gasteiger partial charge in [-0.15, -0.1) is 0 Å². The lowest BCUT2D eigenvalue weighted by Crippen LogP contribution is -2.16. The number of nitrogens with zero attached hydrogens (tertiary/aromatic N) is 1. The van der Waals surface area contributed by atoms with Gasteiger partial charge in [-0.2, -0.15) is 0 Å². The number of aliphatic imine (C=N–C) groups is 1. The van der Waals surface area contributed by atoms with E-state index in [1.54, 1.807) is 26.0 Å². The van der Waals surface area contributed by atoms with Crippen molar-refractivity contribution in [3.63, 3.8) is 0 Å². The summed E-state index contributed by atoms with van der Waals surface area (Å²) in [6, 6.07) is 13.4. The molecule has 2 aromatic carbocycles. The minimum atomic E-state index is -1.32. The van der Waals surface area contributed by atoms with Gasteiger partial charge in [0.2, 0.25) is 6.36 Å². The molecule has 0 amide bonds. The van der Waals surface area contributed by atoms with Crippen LogP contribution in [0.15, 0.2) is 89.2 Å². The van der Waals surface area contributed by atoms with E-state index in [0.29, 0.717) is 23.9 Å². The van der Waals surface area contributed by atoms with Crippen LogP contribution in [0.4, 0.5) is 10.1 Å². The summed E-state index contributed by atoms with van der Waals surface area (Å²) in [7, 11) is 0. The van der Waals surface area contributed by atoms with Crippen LogP contribution >= 0.6 is 0 Å². The summed E-state index contributed by atoms with van der Waals surface area (Å²) < 4.78 is 19.0. The number of fused-ring (bicyclic) bond motifs is 1. The van der Waals surface area contributed by atoms with Crippen molar-refractivity contribution < 1.29 is 18.7 Å². The molecule has 1 N–H and O–H groups in total. The summed E-state index contributed by atoms with van der Waals surface area (Å²) in [5.74, 6) is 1.82. The Hall–Kier alpha value is -4.06. The van der Waals surface area contributed by atoms with Crippen molar-refractivity contribution in [3.8, 4) is 5.75 Å². The first-order valence-corrected chi connectivity index (χ1v) is 16.9. The molecule has 4 atom stereocenters. The van der Waals surface area contributed by atoms with E-state index >= 15 is 0 Å². The van der Waals surface area contributed by atoms with Gasteiger partial charge in [0.25, 0.3) is 0 Å². The number of nitrogens with one attached hydrogen (secondary N) is 1. The fourth-order valence-corrected chi connectivity index (χ4v) is 6.72. The monoisotopic (exact) mass is 622 g/mol. The number of carbonyl (C=O) groups is 2. The molecular weight excluding hydrogens is 575 g/mol. The van der Waals surface area contributed by atoms with Gasteiger partial charge in [-0.1, -0.05) is 63.1 Å². The molecule has 46 heavy (non-hydrogen) atoms. The summed E-state index contributed by atoms with van der Waals surface area (Å²) >= 11 is 0. The number of benzene rings is 2. The van der Waals surface area contributed by atoms with E-state index in [0.717, 1.165) is 96.3 Å². The number of hydrogen-bond acceptors (Lipinski definition) is 5. The van der Waals surface area contributed by atoms with Crippen molar-refractivity contribution in [2.24, 2.45) is 22.7 Å². The van der Waals surface area contributed by atoms with Crippen LogP contribution < -0.4 is 10.1 Å². The van der Waals surface area contributed by atoms with Crippen LogP contribution in [-0.4, -0.2) is 23.6 Å². The van der Waals surface area contributed by atoms with Crippen molar-refractivity contribution in [3.05, 3.63) is 101 Å². The van der Waals surface area contributed by atoms with Crippen LogP contribution in [0.1, 0.15) is 100 Å². The molecule has 1 fully saturated rings. The van der Waals surface area contributed by atoms with Gasteiger partial charge in [0.15, 0.2) is 5.78 Å². The standard InChI is InChI=1S/C40H47FN2O3/c1-5-38(41)46-33-21-18-31(19-22-33)36-25-42-39-35(36)12-7-6-8-13-37(39)43-32-20-23-34(27(3)24-32)40(45)26(2)14-15-29-10-9-11-30(17-16-29)28(4)44/h6-7,12-13,18-26,29-30,38,43H,5,8-11,14-17H2,1-4H3/b7-6-,35-12-,37-13-. The molecule has 0 radical (unpaired) electrons. The van der Waals surface area contributed by atoms with Gasteiger partial charge in [0.05, 0.1) is 11.4 Å². The lowest BCUT2D eigenvalue weighted by atomic mass is 9.87. The number of ether oxygens (including phenoxy) is 1. The smallest absolute Gasteiger partial charge is 0.238 e. The quantitative estimate of drug-likeness (QED) is 0.189. The van der Waals surface area contributed by atoms with E-state index in [2.05, 4.69) is 30.5 Å². The minimum Gasteiger partial charge on any atom is -0.460 e. The number of aryl methyl sites for hydroxylation is 1. The van der Waals surface area contributed by atoms with Crippen molar-refractivity contribution in [1.29, 1.82) is 0 Å². The number of halogens is 1. The van der Waals surface area contributed by atoms with Crippen molar-refractivity contribution in [1.82, 2.24) is 0 Å². The fraction of sp³-hybridized carbons (Fsp3) is 0.425. The van der Waals surface area contributed by atoms with E-state index in [9.17, 15) is 14.0 Å². The van der Waals surface area contributed by atoms with Gasteiger partial charge in [-0.3, -0.25) is 14.6 Å². The van der Waals surface area contributed by atoms with Gasteiger partial charge in [-0.05, 0) is 99.7 Å². The molecule has 242 valence electrons. The molecule has 2 aromatic rings. The SMILES string of the molecule is CCC(F)Oc1ccc(C2=CN=C3/C(Nc4ccc(C(=O)C(C)CCC5CCCC(C(C)=O)CC5)c(C)c4)=C/C/C=C\C=C\23)cc1. The molecule has 1 aliphatic heterocycles. The highest BCUT2D eigenvalue weighted by molar-refractivity contribution is 6.25. The Balaban J connectivity index is 1.21. The summed E-state index contributed by atoms with van der Waals surface area (Å²) in [5.41, 5.74) is 7.37. The second-order valence-electron chi connectivity index (χ2n) is 13.0. The van der Waals surface area contributed by atoms with E-state index < -0.39 is 6.36 Å². The zero-order valence-electron chi connectivity index (χ0n) is 27.7. The Morgan fingerprint density at radius 3 is 2.61 bits per heavy atom. The van der Waals surface area contributed by atoms with Gasteiger partial charge in [0.1, 0.15) is 11.5 Å². The van der Waals surface area contributed by atoms with Crippen LogP contribution in [0.25, 0.3) is 5.57 Å². The number of rotatable bonds is 12. The Bertz CT molecular complexity index is 1580. The Morgan fingerprint density at radius 2 is 1.87 bits per heavy atom. The normalized spacial score (nSPS) is 23.8. The third-order valence-electron chi connectivity index (χ3n) is 9.62. The molecule has 0 spiro atoms. The maximum Gasteiger partial charge on any atom is 0.238 e. The predicted octanol–water partition coefficient (Wildman–Crippen LogP) is 10.1. The highest BCUT2D eigenvalue weighted by atomic mass is 19.1. The van der Waals surface area contributed by atoms with Crippen LogP contribution in [-0.2, 0) is 4.79 Å². The fourth-order valence-electron chi connectivity index (χ4n) is 6.72. The number of anilines is 1. The highest BCUT2D eigenvalue weighted by Crippen LogP contribution is 2.35. The van der Waals surface area contributed by atoms with Crippen molar-refractivity contribution in [2.45, 2.75) is 91.8 Å². The zero-order valence-corrected chi connectivity index (χ0v) is 27.7. The first kappa shape index (κ1) is 33.3. The van der Waals surface area contributed by atoms with E-state index in [1.165, 1.54) is 0 Å². The molecule has 1 saturated carbocycles. The van der Waals surface area contributed by atoms with Gasteiger partial charge >= 0.3 is 0 Å². The molecule has 1 heterocycles. The zero-order chi connectivity index (χ0) is 32.6. The summed E-state index contributed by atoms with van der Waals surface area (Å²) in [6.07, 6.45) is 17.3. The van der Waals surface area contributed by atoms with Gasteiger partial charge in [0, 0.05) is 46.9 Å². The van der Waals surface area contributed by atoms with Crippen molar-refractivity contribution >= 4 is 28.5 Å². The molecule has 5 rings (SSSR count). The molecule has 3 aliphatic rings. The summed E-state index contributed by atoms with van der Waals surface area (Å²) in [6.45, 7) is 7.53. The Labute approximate surface area is 273 Å². The van der Waals surface area contributed by atoms with Gasteiger partial charge in [-0.25, -0.2) is 4.39 Å². The second kappa shape index (κ2) is 15.5. The van der Waals surface area contributed by atoms with E-state index in [4.69, 9.17) is 9.73 Å². The number of hydrogen-bond donors (Lipinski definition) is 1. The molecule has 4 unspecified atom stereocenters. The maximum absolute atomic E-state index is 13.7. The molecule has 0 bridgehead atoms. The number of Topliss-reactive ketones (excluding diaryl/α,β-unsaturated/α-hetero) is 2. The number of ketones is 2. The first-order valence-electron chi connectivity index (χ1n) is 16.9. The topological polar surface area (TPSA) is 67.8 Å². The first-order chi connectivity index (χ1) is 22.2. The molecule has 6 heteroatoms. The van der Waals surface area contributed by atoms with Crippen LogP contribution in [0, 0.1) is 24.7 Å². The molecule has 2 aliphatic carbocycles. The average molecular weight is 623 g/mol. The van der Waals surface area contributed by atoms with Gasteiger partial charge < -0.3 is 10.1 Å². The second-order valence-corrected chi connectivity index (χ2v) is 13.0. The van der Waals surface area contributed by atoms with Crippen LogP contribution in [0.2, 0.25) is 0 Å². The van der Waals surface area contributed by atoms with E-state index in [1.807, 2.05) is 49.5 Å². The van der Waals surface area contributed by atoms with Crippen LogP contribution in [0.5, 0.6) is 5.75 Å². The van der Waals surface area contributed by atoms with E-state index in [-0.39, 0.29) is 17.6 Å². The molecule has 5 nitrogen and oxygen atoms in total. The Morgan fingerprint density at radius 1 is 1.07 bits per heavy atom. The number of alkyl halides is 1. The largest absolute Gasteiger partial charge is 0.460 e. The minimum absolute atomic E-state index is 0.0415. The molecule has 0 saturated heterocycles. The van der Waals surface area contributed by atoms with Crippen LogP contribution in [0.3, 0.4) is 0 Å². The van der Waals surface area contributed by atoms with Crippen molar-refractivity contribution in [2.75, 3.05) is 5.32 Å². The molecular formula is C40H47FN2O3. The Kier molecular flexibility index (Phi) is 11.2.